The van der Waals surface area contributed by atoms with Gasteiger partial charge in [-0.2, -0.15) is 5.10 Å². The Kier molecular flexibility index (Phi) is 4.58. The molecule has 1 N–H and O–H groups in total. The highest BCUT2D eigenvalue weighted by Crippen LogP contribution is 2.10. The van der Waals surface area contributed by atoms with Crippen LogP contribution in [0.1, 0.15) is 31.9 Å². The SMILES string of the molecule is CC(=NNC(=S)N1CCCCC1)c1cnc2ccccc2n1. The fourth-order valence-electron chi connectivity index (χ4n) is 2.49. The van der Waals surface area contributed by atoms with Gasteiger partial charge < -0.3 is 4.90 Å². The van der Waals surface area contributed by atoms with Gasteiger partial charge in [0, 0.05) is 13.1 Å². The molecule has 0 bridgehead atoms. The minimum absolute atomic E-state index is 0.688. The first-order valence-electron chi connectivity index (χ1n) is 7.55. The Balaban J connectivity index is 1.71. The van der Waals surface area contributed by atoms with Crippen molar-refractivity contribution in [2.24, 2.45) is 5.10 Å². The van der Waals surface area contributed by atoms with Crippen LogP contribution in [0.15, 0.2) is 35.6 Å². The average molecular weight is 313 g/mol. The summed E-state index contributed by atoms with van der Waals surface area (Å²) in [5.41, 5.74) is 6.26. The van der Waals surface area contributed by atoms with Crippen molar-refractivity contribution in [2.75, 3.05) is 13.1 Å². The molecule has 2 aromatic rings. The van der Waals surface area contributed by atoms with Crippen LogP contribution < -0.4 is 5.43 Å². The van der Waals surface area contributed by atoms with Crippen LogP contribution in [0.4, 0.5) is 0 Å². The third kappa shape index (κ3) is 3.39. The summed E-state index contributed by atoms with van der Waals surface area (Å²) in [7, 11) is 0. The summed E-state index contributed by atoms with van der Waals surface area (Å²) in [6, 6.07) is 7.81. The van der Waals surface area contributed by atoms with Crippen LogP contribution in [0.25, 0.3) is 11.0 Å². The van der Waals surface area contributed by atoms with Gasteiger partial charge >= 0.3 is 0 Å². The molecule has 1 saturated heterocycles. The minimum Gasteiger partial charge on any atom is -0.348 e. The number of piperidine rings is 1. The average Bonchev–Trinajstić information content (AvgIpc) is 2.59. The van der Waals surface area contributed by atoms with Crippen molar-refractivity contribution in [1.29, 1.82) is 0 Å². The second-order valence-electron chi connectivity index (χ2n) is 5.41. The first-order valence-corrected chi connectivity index (χ1v) is 7.96. The summed E-state index contributed by atoms with van der Waals surface area (Å²) in [5, 5.41) is 5.05. The highest BCUT2D eigenvalue weighted by molar-refractivity contribution is 7.80. The number of nitrogens with zero attached hydrogens (tertiary/aromatic N) is 4. The number of nitrogens with one attached hydrogen (secondary N) is 1. The lowest BCUT2D eigenvalue weighted by molar-refractivity contribution is 0.338. The van der Waals surface area contributed by atoms with Crippen molar-refractivity contribution in [3.8, 4) is 0 Å². The Morgan fingerprint density at radius 2 is 1.91 bits per heavy atom. The van der Waals surface area contributed by atoms with Gasteiger partial charge in [0.2, 0.25) is 0 Å². The Bertz CT molecular complexity index is 707. The van der Waals surface area contributed by atoms with Crippen molar-refractivity contribution in [1.82, 2.24) is 20.3 Å². The van der Waals surface area contributed by atoms with E-state index in [0.717, 1.165) is 35.5 Å². The number of likely N-dealkylation sites (tertiary alicyclic amines) is 1. The van der Waals surface area contributed by atoms with E-state index in [1.807, 2.05) is 31.2 Å². The largest absolute Gasteiger partial charge is 0.348 e. The molecule has 0 atom stereocenters. The highest BCUT2D eigenvalue weighted by atomic mass is 32.1. The molecule has 1 aliphatic heterocycles. The summed E-state index contributed by atoms with van der Waals surface area (Å²) in [6.45, 7) is 3.93. The van der Waals surface area contributed by atoms with Crippen LogP contribution in [0.5, 0.6) is 0 Å². The lowest BCUT2D eigenvalue weighted by Gasteiger charge is -2.28. The topological polar surface area (TPSA) is 53.4 Å². The van der Waals surface area contributed by atoms with Gasteiger partial charge in [0.15, 0.2) is 5.11 Å². The molecule has 0 radical (unpaired) electrons. The lowest BCUT2D eigenvalue weighted by atomic mass is 10.1. The number of aromatic nitrogens is 2. The van der Waals surface area contributed by atoms with Crippen LogP contribution in [0.3, 0.4) is 0 Å². The molecule has 0 amide bonds. The Morgan fingerprint density at radius 1 is 1.18 bits per heavy atom. The van der Waals surface area contributed by atoms with E-state index in [0.29, 0.717) is 5.11 Å². The molecule has 3 rings (SSSR count). The molecular weight excluding hydrogens is 294 g/mol. The van der Waals surface area contributed by atoms with E-state index in [2.05, 4.69) is 25.4 Å². The second kappa shape index (κ2) is 6.79. The number of hydrazone groups is 1. The second-order valence-corrected chi connectivity index (χ2v) is 5.79. The molecule has 0 saturated carbocycles. The fourth-order valence-corrected chi connectivity index (χ4v) is 2.72. The Hall–Kier alpha value is -2.08. The summed E-state index contributed by atoms with van der Waals surface area (Å²) in [5.74, 6) is 0. The van der Waals surface area contributed by atoms with Gasteiger partial charge in [-0.25, -0.2) is 4.98 Å². The fraction of sp³-hybridized carbons (Fsp3) is 0.375. The third-order valence-electron chi connectivity index (χ3n) is 3.78. The molecule has 1 fully saturated rings. The molecule has 5 nitrogen and oxygen atoms in total. The number of benzene rings is 1. The van der Waals surface area contributed by atoms with Gasteiger partial charge in [0.05, 0.1) is 22.9 Å². The molecule has 0 aliphatic carbocycles. The van der Waals surface area contributed by atoms with Gasteiger partial charge in [0.25, 0.3) is 0 Å². The molecule has 2 heterocycles. The first kappa shape index (κ1) is 14.8. The quantitative estimate of drug-likeness (QED) is 0.525. The zero-order valence-corrected chi connectivity index (χ0v) is 13.4. The molecular formula is C16H19N5S. The summed E-state index contributed by atoms with van der Waals surface area (Å²) < 4.78 is 0. The van der Waals surface area contributed by atoms with Crippen molar-refractivity contribution < 1.29 is 0 Å². The summed E-state index contributed by atoms with van der Waals surface area (Å²) in [4.78, 5) is 11.1. The van der Waals surface area contributed by atoms with Gasteiger partial charge in [0.1, 0.15) is 5.69 Å². The van der Waals surface area contributed by atoms with Crippen LogP contribution in [-0.4, -0.2) is 38.8 Å². The van der Waals surface area contributed by atoms with E-state index in [-0.39, 0.29) is 0 Å². The van der Waals surface area contributed by atoms with Crippen molar-refractivity contribution in [2.45, 2.75) is 26.2 Å². The predicted octanol–water partition coefficient (Wildman–Crippen LogP) is 2.71. The van der Waals surface area contributed by atoms with E-state index in [1.165, 1.54) is 19.3 Å². The zero-order valence-electron chi connectivity index (χ0n) is 12.6. The number of fused-ring (bicyclic) bond motifs is 1. The summed E-state index contributed by atoms with van der Waals surface area (Å²) >= 11 is 5.39. The molecule has 22 heavy (non-hydrogen) atoms. The zero-order chi connectivity index (χ0) is 15.4. The number of rotatable bonds is 2. The van der Waals surface area contributed by atoms with E-state index < -0.39 is 0 Å². The number of hydrogen-bond acceptors (Lipinski definition) is 4. The maximum Gasteiger partial charge on any atom is 0.189 e. The maximum absolute atomic E-state index is 5.39. The Morgan fingerprint density at radius 3 is 2.68 bits per heavy atom. The smallest absolute Gasteiger partial charge is 0.189 e. The molecule has 6 heteroatoms. The molecule has 1 aromatic heterocycles. The maximum atomic E-state index is 5.39. The molecule has 0 unspecified atom stereocenters. The number of para-hydroxylation sites is 2. The predicted molar refractivity (Wildman–Crippen MR) is 92.9 cm³/mol. The Labute approximate surface area is 135 Å². The molecule has 0 spiro atoms. The standard InChI is InChI=1S/C16H19N5S/c1-12(19-20-16(22)21-9-5-2-6-10-21)15-11-17-13-7-3-4-8-14(13)18-15/h3-4,7-8,11H,2,5-6,9-10H2,1H3,(H,20,22). The lowest BCUT2D eigenvalue weighted by Crippen LogP contribution is -2.41. The highest BCUT2D eigenvalue weighted by Gasteiger charge is 2.12. The third-order valence-corrected chi connectivity index (χ3v) is 4.13. The van der Waals surface area contributed by atoms with E-state index in [9.17, 15) is 0 Å². The van der Waals surface area contributed by atoms with Crippen molar-refractivity contribution in [3.63, 3.8) is 0 Å². The molecule has 1 aromatic carbocycles. The van der Waals surface area contributed by atoms with Gasteiger partial charge in [-0.3, -0.25) is 10.4 Å². The van der Waals surface area contributed by atoms with Crippen molar-refractivity contribution >= 4 is 34.1 Å². The molecule has 1 aliphatic rings. The monoisotopic (exact) mass is 313 g/mol. The minimum atomic E-state index is 0.688. The number of thiocarbonyl (C=S) groups is 1. The first-order chi connectivity index (χ1) is 10.7. The van der Waals surface area contributed by atoms with Gasteiger partial charge in [-0.05, 0) is 50.5 Å². The van der Waals surface area contributed by atoms with Crippen LogP contribution in [-0.2, 0) is 0 Å². The normalized spacial score (nSPS) is 15.9. The van der Waals surface area contributed by atoms with E-state index >= 15 is 0 Å². The summed E-state index contributed by atoms with van der Waals surface area (Å²) in [6.07, 6.45) is 5.42. The van der Waals surface area contributed by atoms with Gasteiger partial charge in [-0.1, -0.05) is 12.1 Å². The van der Waals surface area contributed by atoms with Crippen LogP contribution >= 0.6 is 12.2 Å². The van der Waals surface area contributed by atoms with Crippen LogP contribution in [0, 0.1) is 0 Å². The van der Waals surface area contributed by atoms with Crippen LogP contribution in [0.2, 0.25) is 0 Å². The van der Waals surface area contributed by atoms with E-state index in [4.69, 9.17) is 12.2 Å². The molecule has 114 valence electrons. The van der Waals surface area contributed by atoms with E-state index in [1.54, 1.807) is 6.20 Å². The number of hydrogen-bond donors (Lipinski definition) is 1. The van der Waals surface area contributed by atoms with Gasteiger partial charge in [-0.15, -0.1) is 0 Å². The van der Waals surface area contributed by atoms with Crippen molar-refractivity contribution in [3.05, 3.63) is 36.2 Å².